The average Bonchev–Trinajstić information content (AvgIpc) is 3.14. The molecule has 0 bridgehead atoms. The normalized spacial score (nSPS) is 17.8. The van der Waals surface area contributed by atoms with Gasteiger partial charge in [-0.3, -0.25) is 9.48 Å². The van der Waals surface area contributed by atoms with Gasteiger partial charge in [-0.05, 0) is 25.5 Å². The number of anilines is 1. The van der Waals surface area contributed by atoms with Crippen LogP contribution in [0.1, 0.15) is 12.1 Å². The number of fused-ring (bicyclic) bond motifs is 1. The van der Waals surface area contributed by atoms with E-state index in [0.717, 1.165) is 33.9 Å². The lowest BCUT2D eigenvalue weighted by Gasteiger charge is -2.14. The van der Waals surface area contributed by atoms with Crippen molar-refractivity contribution >= 4 is 34.4 Å². The van der Waals surface area contributed by atoms with Crippen LogP contribution in [0.15, 0.2) is 41.7 Å². The number of nitrogens with zero attached hydrogens (tertiary/aromatic N) is 5. The van der Waals surface area contributed by atoms with E-state index in [1.54, 1.807) is 15.8 Å². The molecule has 122 valence electrons. The van der Waals surface area contributed by atoms with E-state index in [1.165, 1.54) is 11.8 Å². The highest BCUT2D eigenvalue weighted by Gasteiger charge is 2.34. The molecule has 1 aliphatic rings. The van der Waals surface area contributed by atoms with Gasteiger partial charge in [-0.2, -0.15) is 5.10 Å². The second-order valence-electron chi connectivity index (χ2n) is 5.86. The summed E-state index contributed by atoms with van der Waals surface area (Å²) in [5.74, 6) is 0.113. The van der Waals surface area contributed by atoms with Crippen LogP contribution in [-0.4, -0.2) is 37.5 Å². The molecule has 0 saturated carbocycles. The van der Waals surface area contributed by atoms with E-state index in [-0.39, 0.29) is 11.2 Å². The standard InChI is InChI=1S/C17H17N5OS/c1-11-16(20-14-6-4-3-5-13(14)19-11)24-15-7-8-22(17(15)23)12-9-18-21(2)10-12/h3-6,9-10,15H,7-8H2,1-2H3/t15-/m0/s1. The first kappa shape index (κ1) is 15.1. The molecule has 1 fully saturated rings. The SMILES string of the molecule is Cc1nc2ccccc2nc1S[C@H]1CCN(c2cnn(C)c2)C1=O. The van der Waals surface area contributed by atoms with E-state index in [9.17, 15) is 4.79 Å². The number of hydrogen-bond acceptors (Lipinski definition) is 5. The predicted octanol–water partition coefficient (Wildman–Crippen LogP) is 2.57. The molecule has 7 heteroatoms. The van der Waals surface area contributed by atoms with Crippen LogP contribution < -0.4 is 4.90 Å². The van der Waals surface area contributed by atoms with E-state index in [0.29, 0.717) is 6.54 Å². The van der Waals surface area contributed by atoms with E-state index >= 15 is 0 Å². The zero-order valence-corrected chi connectivity index (χ0v) is 14.3. The first-order valence-electron chi connectivity index (χ1n) is 7.82. The van der Waals surface area contributed by atoms with Crippen LogP contribution in [-0.2, 0) is 11.8 Å². The second-order valence-corrected chi connectivity index (χ2v) is 7.05. The Morgan fingerprint density at radius 2 is 1.96 bits per heavy atom. The molecular weight excluding hydrogens is 322 g/mol. The zero-order valence-electron chi connectivity index (χ0n) is 13.5. The minimum absolute atomic E-state index is 0.113. The molecule has 24 heavy (non-hydrogen) atoms. The third-order valence-electron chi connectivity index (χ3n) is 4.11. The molecule has 4 rings (SSSR count). The van der Waals surface area contributed by atoms with Crippen molar-refractivity contribution in [3.05, 3.63) is 42.4 Å². The molecule has 0 unspecified atom stereocenters. The number of thioether (sulfide) groups is 1. The van der Waals surface area contributed by atoms with Crippen molar-refractivity contribution < 1.29 is 4.79 Å². The van der Waals surface area contributed by atoms with Crippen molar-refractivity contribution in [2.75, 3.05) is 11.4 Å². The van der Waals surface area contributed by atoms with Crippen LogP contribution in [0, 0.1) is 6.92 Å². The number of benzene rings is 1. The minimum atomic E-state index is -0.126. The molecule has 0 aliphatic carbocycles. The number of rotatable bonds is 3. The fourth-order valence-corrected chi connectivity index (χ4v) is 3.97. The maximum atomic E-state index is 12.7. The molecule has 3 aromatic rings. The van der Waals surface area contributed by atoms with Gasteiger partial charge in [0.1, 0.15) is 5.03 Å². The van der Waals surface area contributed by atoms with Gasteiger partial charge in [0.2, 0.25) is 5.91 Å². The lowest BCUT2D eigenvalue weighted by Crippen LogP contribution is -2.27. The Bertz CT molecular complexity index is 922. The van der Waals surface area contributed by atoms with E-state index in [2.05, 4.69) is 15.1 Å². The molecule has 1 aliphatic heterocycles. The van der Waals surface area contributed by atoms with Crippen molar-refractivity contribution in [2.45, 2.75) is 23.6 Å². The fourth-order valence-electron chi connectivity index (χ4n) is 2.89. The zero-order chi connectivity index (χ0) is 16.7. The highest BCUT2D eigenvalue weighted by molar-refractivity contribution is 8.00. The Morgan fingerprint density at radius 3 is 2.67 bits per heavy atom. The minimum Gasteiger partial charge on any atom is -0.308 e. The molecule has 1 aromatic carbocycles. The predicted molar refractivity (Wildman–Crippen MR) is 94.1 cm³/mol. The summed E-state index contributed by atoms with van der Waals surface area (Å²) < 4.78 is 1.71. The van der Waals surface area contributed by atoms with Gasteiger partial charge in [0, 0.05) is 19.8 Å². The number of carbonyl (C=O) groups is 1. The summed E-state index contributed by atoms with van der Waals surface area (Å²) in [5, 5.41) is 4.85. The molecule has 2 aromatic heterocycles. The van der Waals surface area contributed by atoms with Crippen LogP contribution in [0.5, 0.6) is 0 Å². The van der Waals surface area contributed by atoms with Crippen molar-refractivity contribution in [1.29, 1.82) is 0 Å². The van der Waals surface area contributed by atoms with Crippen molar-refractivity contribution in [2.24, 2.45) is 7.05 Å². The van der Waals surface area contributed by atoms with Gasteiger partial charge in [0.25, 0.3) is 0 Å². The summed E-state index contributed by atoms with van der Waals surface area (Å²) in [6.07, 6.45) is 4.39. The maximum absolute atomic E-state index is 12.7. The first-order valence-corrected chi connectivity index (χ1v) is 8.70. The first-order chi connectivity index (χ1) is 11.6. The van der Waals surface area contributed by atoms with Gasteiger partial charge in [0.05, 0.1) is 33.9 Å². The molecular formula is C17H17N5OS. The Labute approximate surface area is 143 Å². The van der Waals surface area contributed by atoms with Gasteiger partial charge >= 0.3 is 0 Å². The Morgan fingerprint density at radius 1 is 1.21 bits per heavy atom. The molecule has 3 heterocycles. The van der Waals surface area contributed by atoms with Crippen molar-refractivity contribution in [1.82, 2.24) is 19.7 Å². The van der Waals surface area contributed by atoms with Crippen LogP contribution in [0.3, 0.4) is 0 Å². The van der Waals surface area contributed by atoms with Crippen LogP contribution in [0.25, 0.3) is 11.0 Å². The Hall–Kier alpha value is -2.41. The smallest absolute Gasteiger partial charge is 0.240 e. The number of hydrogen-bond donors (Lipinski definition) is 0. The number of aryl methyl sites for hydroxylation is 2. The molecule has 0 spiro atoms. The highest BCUT2D eigenvalue weighted by Crippen LogP contribution is 2.33. The largest absolute Gasteiger partial charge is 0.308 e. The lowest BCUT2D eigenvalue weighted by molar-refractivity contribution is -0.116. The molecule has 0 radical (unpaired) electrons. The van der Waals surface area contributed by atoms with Gasteiger partial charge in [0.15, 0.2) is 0 Å². The molecule has 1 saturated heterocycles. The van der Waals surface area contributed by atoms with Gasteiger partial charge in [-0.25, -0.2) is 9.97 Å². The summed E-state index contributed by atoms with van der Waals surface area (Å²) in [7, 11) is 1.85. The summed E-state index contributed by atoms with van der Waals surface area (Å²) in [6, 6.07) is 7.81. The van der Waals surface area contributed by atoms with Crippen LogP contribution in [0.2, 0.25) is 0 Å². The van der Waals surface area contributed by atoms with Crippen LogP contribution in [0.4, 0.5) is 5.69 Å². The summed E-state index contributed by atoms with van der Waals surface area (Å²) in [6.45, 7) is 2.66. The number of carbonyl (C=O) groups excluding carboxylic acids is 1. The molecule has 1 amide bonds. The van der Waals surface area contributed by atoms with E-state index < -0.39 is 0 Å². The lowest BCUT2D eigenvalue weighted by atomic mass is 10.3. The highest BCUT2D eigenvalue weighted by atomic mass is 32.2. The van der Waals surface area contributed by atoms with E-state index in [1.807, 2.05) is 44.4 Å². The second kappa shape index (κ2) is 5.90. The summed E-state index contributed by atoms with van der Waals surface area (Å²) in [5.41, 5.74) is 3.47. The van der Waals surface area contributed by atoms with Crippen molar-refractivity contribution in [3.63, 3.8) is 0 Å². The summed E-state index contributed by atoms with van der Waals surface area (Å²) >= 11 is 1.51. The fraction of sp³-hybridized carbons (Fsp3) is 0.294. The number of aromatic nitrogens is 4. The van der Waals surface area contributed by atoms with Gasteiger partial charge in [-0.15, -0.1) is 0 Å². The number of amides is 1. The third kappa shape index (κ3) is 2.65. The third-order valence-corrected chi connectivity index (χ3v) is 5.45. The van der Waals surface area contributed by atoms with Gasteiger partial charge < -0.3 is 4.90 Å². The average molecular weight is 339 g/mol. The quantitative estimate of drug-likeness (QED) is 0.734. The molecule has 0 N–H and O–H groups in total. The van der Waals surface area contributed by atoms with Gasteiger partial charge in [-0.1, -0.05) is 23.9 Å². The topological polar surface area (TPSA) is 63.9 Å². The Balaban J connectivity index is 1.58. The van der Waals surface area contributed by atoms with Crippen molar-refractivity contribution in [3.8, 4) is 0 Å². The Kier molecular flexibility index (Phi) is 3.72. The summed E-state index contributed by atoms with van der Waals surface area (Å²) in [4.78, 5) is 23.8. The maximum Gasteiger partial charge on any atom is 0.240 e. The monoisotopic (exact) mass is 339 g/mol. The molecule has 1 atom stereocenters. The van der Waals surface area contributed by atoms with Crippen LogP contribution >= 0.6 is 11.8 Å². The molecule has 6 nitrogen and oxygen atoms in total. The number of para-hydroxylation sites is 2. The van der Waals surface area contributed by atoms with E-state index in [4.69, 9.17) is 0 Å².